The fraction of sp³-hybridized carbons (Fsp3) is 0.636. The van der Waals surface area contributed by atoms with Gasteiger partial charge in [-0.2, -0.15) is 0 Å². The minimum absolute atomic E-state index is 0.0179. The molecule has 1 aromatic carbocycles. The van der Waals surface area contributed by atoms with Crippen LogP contribution in [-0.4, -0.2) is 35.3 Å². The first-order valence-corrected chi connectivity index (χ1v) is 9.80. The van der Waals surface area contributed by atoms with Gasteiger partial charge in [0, 0.05) is 18.2 Å². The fourth-order valence-corrected chi connectivity index (χ4v) is 4.73. The van der Waals surface area contributed by atoms with Crippen molar-refractivity contribution in [2.45, 2.75) is 60.0 Å². The molecule has 148 valence electrons. The number of hydrogen-bond acceptors (Lipinski definition) is 2. The van der Waals surface area contributed by atoms with E-state index in [1.165, 1.54) is 30.7 Å². The molecule has 1 N–H and O–H groups in total. The van der Waals surface area contributed by atoms with Crippen LogP contribution in [0, 0.1) is 28.5 Å². The summed E-state index contributed by atoms with van der Waals surface area (Å²) in [5, 5.41) is 2.91. The Morgan fingerprint density at radius 2 is 1.81 bits per heavy atom. The van der Waals surface area contributed by atoms with Crippen LogP contribution in [0.25, 0.3) is 0 Å². The molecule has 0 aromatic heterocycles. The van der Waals surface area contributed by atoms with Gasteiger partial charge in [-0.25, -0.2) is 4.39 Å². The monoisotopic (exact) mass is 374 g/mol. The summed E-state index contributed by atoms with van der Waals surface area (Å²) in [5.41, 5.74) is 0.211. The van der Waals surface area contributed by atoms with Gasteiger partial charge in [-0.05, 0) is 60.3 Å². The molecule has 2 heterocycles. The van der Waals surface area contributed by atoms with Gasteiger partial charge in [-0.15, -0.1) is 0 Å². The molecule has 3 fully saturated rings. The van der Waals surface area contributed by atoms with E-state index in [2.05, 4.69) is 26.1 Å². The van der Waals surface area contributed by atoms with E-state index in [1.807, 2.05) is 25.7 Å². The molecule has 5 heteroatoms. The highest BCUT2D eigenvalue weighted by Crippen LogP contribution is 2.57. The predicted molar refractivity (Wildman–Crippen MR) is 104 cm³/mol. The predicted octanol–water partition coefficient (Wildman–Crippen LogP) is 3.86. The van der Waals surface area contributed by atoms with Crippen molar-refractivity contribution in [3.8, 4) is 0 Å². The molecule has 0 radical (unpaired) electrons. The lowest BCUT2D eigenvalue weighted by Crippen LogP contribution is -2.68. The number of hydrogen-bond donors (Lipinski definition) is 1. The van der Waals surface area contributed by atoms with Crippen LogP contribution in [0.15, 0.2) is 24.3 Å². The van der Waals surface area contributed by atoms with Gasteiger partial charge in [0.05, 0.1) is 0 Å². The lowest BCUT2D eigenvalue weighted by atomic mass is 9.50. The number of nitrogens with one attached hydrogen (secondary N) is 1. The second kappa shape index (κ2) is 6.61. The molecule has 4 rings (SSSR count). The van der Waals surface area contributed by atoms with Gasteiger partial charge in [0.1, 0.15) is 11.9 Å². The Balaban J connectivity index is 1.78. The van der Waals surface area contributed by atoms with Crippen molar-refractivity contribution in [2.24, 2.45) is 22.7 Å². The van der Waals surface area contributed by atoms with Gasteiger partial charge in [0.2, 0.25) is 5.91 Å². The van der Waals surface area contributed by atoms with E-state index in [9.17, 15) is 14.0 Å². The number of fused-ring (bicyclic) bond motifs is 2. The molecule has 4 nitrogen and oxygen atoms in total. The second-order valence-electron chi connectivity index (χ2n) is 9.87. The zero-order valence-electron chi connectivity index (χ0n) is 17.2. The number of piperidine rings is 2. The van der Waals surface area contributed by atoms with Crippen molar-refractivity contribution >= 4 is 11.8 Å². The molecule has 4 atom stereocenters. The summed E-state index contributed by atoms with van der Waals surface area (Å²) < 4.78 is 13.1. The topological polar surface area (TPSA) is 49.4 Å². The molecule has 27 heavy (non-hydrogen) atoms. The van der Waals surface area contributed by atoms with Crippen molar-refractivity contribution in [1.29, 1.82) is 0 Å². The summed E-state index contributed by atoms with van der Waals surface area (Å²) in [6.07, 6.45) is 1.18. The van der Waals surface area contributed by atoms with Gasteiger partial charge in [-0.1, -0.05) is 34.6 Å². The normalized spacial score (nSPS) is 27.5. The molecule has 2 aliphatic heterocycles. The van der Waals surface area contributed by atoms with Crippen molar-refractivity contribution in [3.63, 3.8) is 0 Å². The average molecular weight is 375 g/mol. The summed E-state index contributed by atoms with van der Waals surface area (Å²) in [5.74, 6) is 0.276. The first-order valence-electron chi connectivity index (χ1n) is 9.80. The third kappa shape index (κ3) is 3.48. The zero-order valence-corrected chi connectivity index (χ0v) is 17.2. The van der Waals surface area contributed by atoms with Crippen LogP contribution in [0.3, 0.4) is 0 Å². The zero-order chi connectivity index (χ0) is 20.1. The van der Waals surface area contributed by atoms with E-state index >= 15 is 0 Å². The molecular formula is C22H31FN2O2. The first-order chi connectivity index (χ1) is 12.4. The Labute approximate surface area is 161 Å². The maximum atomic E-state index is 13.4. The summed E-state index contributed by atoms with van der Waals surface area (Å²) in [4.78, 5) is 28.0. The van der Waals surface area contributed by atoms with Gasteiger partial charge in [0.25, 0.3) is 5.91 Å². The quantitative estimate of drug-likeness (QED) is 0.873. The summed E-state index contributed by atoms with van der Waals surface area (Å²) in [6, 6.07) is 4.94. The van der Waals surface area contributed by atoms with E-state index < -0.39 is 11.5 Å². The van der Waals surface area contributed by atoms with E-state index in [0.29, 0.717) is 17.4 Å². The molecule has 2 amide bonds. The lowest BCUT2D eigenvalue weighted by Gasteiger charge is -2.63. The SMILES string of the molecule is C[C@@H]1[C@@H]2CC(CN1C(=O)[C@@H](NC(=O)c1ccc(F)cc1)C(C)(C)C)C2(C)C. The van der Waals surface area contributed by atoms with Crippen LogP contribution >= 0.6 is 0 Å². The number of carbonyl (C=O) groups is 2. The van der Waals surface area contributed by atoms with E-state index in [1.54, 1.807) is 0 Å². The highest BCUT2D eigenvalue weighted by molar-refractivity contribution is 5.97. The number of rotatable bonds is 3. The van der Waals surface area contributed by atoms with E-state index in [4.69, 9.17) is 0 Å². The fourth-order valence-electron chi connectivity index (χ4n) is 4.73. The average Bonchev–Trinajstić information content (AvgIpc) is 2.58. The van der Waals surface area contributed by atoms with Gasteiger partial charge in [-0.3, -0.25) is 9.59 Å². The Morgan fingerprint density at radius 3 is 2.30 bits per heavy atom. The number of amides is 2. The lowest BCUT2D eigenvalue weighted by molar-refractivity contribution is -0.169. The first kappa shape index (κ1) is 19.8. The Hall–Kier alpha value is -1.91. The Bertz CT molecular complexity index is 736. The number of carbonyl (C=O) groups excluding carboxylic acids is 2. The van der Waals surface area contributed by atoms with Gasteiger partial charge >= 0.3 is 0 Å². The van der Waals surface area contributed by atoms with Crippen LogP contribution in [-0.2, 0) is 4.79 Å². The van der Waals surface area contributed by atoms with E-state index in [0.717, 1.165) is 6.54 Å². The molecular weight excluding hydrogens is 343 g/mol. The van der Waals surface area contributed by atoms with Crippen molar-refractivity contribution in [1.82, 2.24) is 10.2 Å². The van der Waals surface area contributed by atoms with Crippen molar-refractivity contribution < 1.29 is 14.0 Å². The largest absolute Gasteiger partial charge is 0.340 e. The minimum atomic E-state index is -0.627. The van der Waals surface area contributed by atoms with Crippen LogP contribution in [0.2, 0.25) is 0 Å². The summed E-state index contributed by atoms with van der Waals surface area (Å²) in [7, 11) is 0. The Kier molecular flexibility index (Phi) is 4.86. The maximum absolute atomic E-state index is 13.4. The van der Waals surface area contributed by atoms with Crippen molar-refractivity contribution in [2.75, 3.05) is 6.54 Å². The van der Waals surface area contributed by atoms with Crippen LogP contribution in [0.5, 0.6) is 0 Å². The summed E-state index contributed by atoms with van der Waals surface area (Å²) in [6.45, 7) is 13.3. The van der Waals surface area contributed by atoms with Gasteiger partial charge in [0.15, 0.2) is 0 Å². The molecule has 0 spiro atoms. The highest BCUT2D eigenvalue weighted by atomic mass is 19.1. The minimum Gasteiger partial charge on any atom is -0.340 e. The van der Waals surface area contributed by atoms with Crippen LogP contribution in [0.4, 0.5) is 4.39 Å². The standard InChI is InChI=1S/C22H31FN2O2/c1-13-17-11-15(22(17,5)6)12-25(13)20(27)18(21(2,3)4)24-19(26)14-7-9-16(23)10-8-14/h7-10,13,15,17-18H,11-12H2,1-6H3,(H,24,26)/t13-,15?,17+,18-/m1/s1. The van der Waals surface area contributed by atoms with Crippen LogP contribution in [0.1, 0.15) is 58.3 Å². The van der Waals surface area contributed by atoms with Crippen LogP contribution < -0.4 is 5.32 Å². The van der Waals surface area contributed by atoms with Crippen molar-refractivity contribution in [3.05, 3.63) is 35.6 Å². The molecule has 1 aromatic rings. The molecule has 3 aliphatic rings. The molecule has 1 saturated carbocycles. The molecule has 1 unspecified atom stereocenters. The third-order valence-electron chi connectivity index (χ3n) is 6.82. The molecule has 2 saturated heterocycles. The second-order valence-corrected chi connectivity index (χ2v) is 9.87. The van der Waals surface area contributed by atoms with E-state index in [-0.39, 0.29) is 29.1 Å². The number of nitrogens with zero attached hydrogens (tertiary/aromatic N) is 1. The number of halogens is 1. The van der Waals surface area contributed by atoms with Gasteiger partial charge < -0.3 is 10.2 Å². The Morgan fingerprint density at radius 1 is 1.22 bits per heavy atom. The highest BCUT2D eigenvalue weighted by Gasteiger charge is 2.57. The smallest absolute Gasteiger partial charge is 0.251 e. The third-order valence-corrected chi connectivity index (χ3v) is 6.82. The molecule has 2 bridgehead atoms. The molecule has 1 aliphatic carbocycles. The maximum Gasteiger partial charge on any atom is 0.251 e. The number of benzene rings is 1. The summed E-state index contributed by atoms with van der Waals surface area (Å²) >= 11 is 0.